The number of hydrogen-bond acceptors (Lipinski definition) is 3. The van der Waals surface area contributed by atoms with Crippen LogP contribution in [0.3, 0.4) is 0 Å². The summed E-state index contributed by atoms with van der Waals surface area (Å²) in [5, 5.41) is 4.28. The molecule has 0 saturated carbocycles. The summed E-state index contributed by atoms with van der Waals surface area (Å²) in [5.74, 6) is 0. The molecule has 0 atom stereocenters. The third-order valence-electron chi connectivity index (χ3n) is 1.74. The van der Waals surface area contributed by atoms with Crippen molar-refractivity contribution in [1.82, 2.24) is 19.7 Å². The number of fused-ring (bicyclic) bond motifs is 1. The van der Waals surface area contributed by atoms with Crippen molar-refractivity contribution in [3.05, 3.63) is 17.0 Å². The second-order valence-corrected chi connectivity index (χ2v) is 3.92. The number of aromatic nitrogens is 4. The highest BCUT2D eigenvalue weighted by Gasteiger charge is 2.05. The lowest BCUT2D eigenvalue weighted by molar-refractivity contribution is 0.536. The monoisotopic (exact) mass is 240 g/mol. The second-order valence-electron chi connectivity index (χ2n) is 3.10. The number of rotatable bonds is 1. The topological polar surface area (TPSA) is 43.6 Å². The Labute approximate surface area is 84.1 Å². The first-order valence-electron chi connectivity index (χ1n) is 4.04. The summed E-state index contributed by atoms with van der Waals surface area (Å²) in [6.45, 7) is 4.14. The Kier molecular flexibility index (Phi) is 2.03. The largest absolute Gasteiger partial charge is 0.266 e. The van der Waals surface area contributed by atoms with Crippen LogP contribution in [0.15, 0.2) is 17.0 Å². The van der Waals surface area contributed by atoms with Crippen molar-refractivity contribution in [2.75, 3.05) is 0 Å². The van der Waals surface area contributed by atoms with E-state index in [1.54, 1.807) is 6.20 Å². The fourth-order valence-corrected chi connectivity index (χ4v) is 1.36. The van der Waals surface area contributed by atoms with Crippen molar-refractivity contribution in [2.45, 2.75) is 19.9 Å². The maximum atomic E-state index is 4.28. The number of halogens is 1. The van der Waals surface area contributed by atoms with Gasteiger partial charge in [0, 0.05) is 6.04 Å². The van der Waals surface area contributed by atoms with Crippen LogP contribution in [0.4, 0.5) is 0 Å². The van der Waals surface area contributed by atoms with Gasteiger partial charge in [-0.25, -0.2) is 9.97 Å². The maximum absolute atomic E-state index is 4.28. The van der Waals surface area contributed by atoms with Crippen LogP contribution < -0.4 is 0 Å². The molecule has 5 heteroatoms. The van der Waals surface area contributed by atoms with Crippen LogP contribution in [-0.4, -0.2) is 19.7 Å². The van der Waals surface area contributed by atoms with Crippen LogP contribution in [0, 0.1) is 0 Å². The van der Waals surface area contributed by atoms with E-state index >= 15 is 0 Å². The first-order valence-corrected chi connectivity index (χ1v) is 4.83. The van der Waals surface area contributed by atoms with Crippen LogP contribution >= 0.6 is 15.9 Å². The minimum absolute atomic E-state index is 0.342. The first-order chi connectivity index (χ1) is 6.16. The molecular weight excluding hydrogens is 232 g/mol. The van der Waals surface area contributed by atoms with E-state index < -0.39 is 0 Å². The van der Waals surface area contributed by atoms with Gasteiger partial charge in [-0.15, -0.1) is 0 Å². The average Bonchev–Trinajstić information content (AvgIpc) is 2.46. The lowest BCUT2D eigenvalue weighted by atomic mass is 10.4. The molecule has 0 radical (unpaired) electrons. The molecule has 0 aliphatic rings. The van der Waals surface area contributed by atoms with Gasteiger partial charge in [-0.1, -0.05) is 0 Å². The summed E-state index contributed by atoms with van der Waals surface area (Å²) < 4.78 is 2.60. The Hall–Kier alpha value is -0.970. The predicted molar refractivity (Wildman–Crippen MR) is 53.4 cm³/mol. The molecule has 0 unspecified atom stereocenters. The van der Waals surface area contributed by atoms with Crippen molar-refractivity contribution >= 4 is 27.1 Å². The molecule has 0 bridgehead atoms. The highest BCUT2D eigenvalue weighted by Crippen LogP contribution is 2.13. The lowest BCUT2D eigenvalue weighted by Crippen LogP contribution is -2.00. The predicted octanol–water partition coefficient (Wildman–Crippen LogP) is 2.17. The Morgan fingerprint density at radius 1 is 1.46 bits per heavy atom. The van der Waals surface area contributed by atoms with Gasteiger partial charge in [0.25, 0.3) is 0 Å². The summed E-state index contributed by atoms with van der Waals surface area (Å²) in [7, 11) is 0. The molecule has 0 aliphatic carbocycles. The van der Waals surface area contributed by atoms with Gasteiger partial charge in [0.2, 0.25) is 0 Å². The molecule has 2 rings (SSSR count). The molecule has 2 heterocycles. The first kappa shape index (κ1) is 8.62. The summed E-state index contributed by atoms with van der Waals surface area (Å²) in [4.78, 5) is 8.39. The Morgan fingerprint density at radius 3 is 2.92 bits per heavy atom. The Balaban J connectivity index is 2.62. The Morgan fingerprint density at radius 2 is 2.23 bits per heavy atom. The lowest BCUT2D eigenvalue weighted by Gasteiger charge is -2.01. The van der Waals surface area contributed by atoms with Crippen LogP contribution in [0.2, 0.25) is 0 Å². The van der Waals surface area contributed by atoms with E-state index in [1.165, 1.54) is 0 Å². The smallest absolute Gasteiger partial charge is 0.199 e. The summed E-state index contributed by atoms with van der Waals surface area (Å²) in [5.41, 5.74) is 1.51. The van der Waals surface area contributed by atoms with Gasteiger partial charge in [0.1, 0.15) is 10.1 Å². The normalized spacial score (nSPS) is 11.4. The third kappa shape index (κ3) is 1.56. The van der Waals surface area contributed by atoms with Gasteiger partial charge in [0.15, 0.2) is 5.65 Å². The fourth-order valence-electron chi connectivity index (χ4n) is 1.07. The van der Waals surface area contributed by atoms with Gasteiger partial charge in [-0.05, 0) is 29.8 Å². The zero-order valence-corrected chi connectivity index (χ0v) is 8.98. The molecule has 0 N–H and O–H groups in total. The van der Waals surface area contributed by atoms with E-state index in [2.05, 4.69) is 44.8 Å². The quantitative estimate of drug-likeness (QED) is 0.768. The van der Waals surface area contributed by atoms with E-state index in [9.17, 15) is 0 Å². The van der Waals surface area contributed by atoms with Crippen molar-refractivity contribution in [3.63, 3.8) is 0 Å². The van der Waals surface area contributed by atoms with Gasteiger partial charge in [-0.3, -0.25) is 4.68 Å². The highest BCUT2D eigenvalue weighted by molar-refractivity contribution is 9.10. The van der Waals surface area contributed by atoms with Crippen molar-refractivity contribution in [1.29, 1.82) is 0 Å². The highest BCUT2D eigenvalue weighted by atomic mass is 79.9. The molecule has 2 aromatic rings. The van der Waals surface area contributed by atoms with Crippen LogP contribution in [0.25, 0.3) is 11.2 Å². The van der Waals surface area contributed by atoms with E-state index in [1.807, 2.05) is 10.9 Å². The molecule has 0 saturated heterocycles. The summed E-state index contributed by atoms with van der Waals surface area (Å²) in [6.07, 6.45) is 3.55. The van der Waals surface area contributed by atoms with E-state index in [0.29, 0.717) is 11.7 Å². The van der Waals surface area contributed by atoms with Crippen molar-refractivity contribution in [3.8, 4) is 0 Å². The molecule has 4 nitrogen and oxygen atoms in total. The maximum Gasteiger partial charge on any atom is 0.199 e. The standard InChI is InChI=1S/C8H9BrN4/c1-5(2)13-4-6-8(12-13)10-3-7(9)11-6/h3-5H,1-2H3. The molecule has 2 aromatic heterocycles. The SMILES string of the molecule is CC(C)n1cc2nc(Br)cnc2n1. The van der Waals surface area contributed by atoms with Crippen molar-refractivity contribution < 1.29 is 0 Å². The van der Waals surface area contributed by atoms with Crippen molar-refractivity contribution in [2.24, 2.45) is 0 Å². The molecule has 0 aliphatic heterocycles. The minimum atomic E-state index is 0.342. The van der Waals surface area contributed by atoms with Gasteiger partial charge >= 0.3 is 0 Å². The van der Waals surface area contributed by atoms with E-state index in [0.717, 1.165) is 10.1 Å². The molecule has 0 aromatic carbocycles. The van der Waals surface area contributed by atoms with Gasteiger partial charge < -0.3 is 0 Å². The number of nitrogens with zero attached hydrogens (tertiary/aromatic N) is 4. The molecule has 0 spiro atoms. The van der Waals surface area contributed by atoms with E-state index in [-0.39, 0.29) is 0 Å². The van der Waals surface area contributed by atoms with Crippen LogP contribution in [0.5, 0.6) is 0 Å². The van der Waals surface area contributed by atoms with Gasteiger partial charge in [0.05, 0.1) is 12.4 Å². The fraction of sp³-hybridized carbons (Fsp3) is 0.375. The molecule has 13 heavy (non-hydrogen) atoms. The molecular formula is C8H9BrN4. The third-order valence-corrected chi connectivity index (χ3v) is 2.13. The second kappa shape index (κ2) is 3.06. The summed E-state index contributed by atoms with van der Waals surface area (Å²) in [6, 6.07) is 0.342. The zero-order chi connectivity index (χ0) is 9.42. The molecule has 0 amide bonds. The molecule has 68 valence electrons. The number of hydrogen-bond donors (Lipinski definition) is 0. The average molecular weight is 241 g/mol. The minimum Gasteiger partial charge on any atom is -0.266 e. The molecule has 0 fully saturated rings. The van der Waals surface area contributed by atoms with Crippen LogP contribution in [0.1, 0.15) is 19.9 Å². The Bertz CT molecular complexity index is 435. The zero-order valence-electron chi connectivity index (χ0n) is 7.40. The summed E-state index contributed by atoms with van der Waals surface area (Å²) >= 11 is 3.27. The van der Waals surface area contributed by atoms with E-state index in [4.69, 9.17) is 0 Å². The van der Waals surface area contributed by atoms with Gasteiger partial charge in [-0.2, -0.15) is 5.10 Å². The van der Waals surface area contributed by atoms with Crippen LogP contribution in [-0.2, 0) is 0 Å².